The Morgan fingerprint density at radius 3 is 1.16 bits per heavy atom. The molecule has 0 spiro atoms. The van der Waals surface area contributed by atoms with Gasteiger partial charge in [0.25, 0.3) is 0 Å². The maximum Gasteiger partial charge on any atom is 0.241 e. The van der Waals surface area contributed by atoms with Crippen LogP contribution in [0.1, 0.15) is 61.1 Å². The van der Waals surface area contributed by atoms with Gasteiger partial charge in [0.1, 0.15) is 67.0 Å². The molecule has 8 aromatic rings. The minimum atomic E-state index is -4.52. The third-order valence-electron chi connectivity index (χ3n) is 18.5. The van der Waals surface area contributed by atoms with Crippen LogP contribution in [-0.4, -0.2) is 135 Å². The number of hydrogen-bond donors (Lipinski definition) is 3. The standard InChI is InChI=1S/C78H92N2O17S2Si/c1-55-69(87-48-57-33-17-8-18-34-57)73(90-51-60-39-23-11-24-40-60)74(91-52-61-41-25-12-26-42-61)77(93-55)92-54-65-70(72(89-50-59-37-21-10-22-38-59)67(76(95-65)97-100(5,6)78(2,3)4)80-99(84,85)63-45-29-14-30-46-63)96-75-66(79-98(82,83)62-43-27-13-28-44-62)71(88-49-58-35-19-9-20-36-58)68(81)64(94-75)53-86-47-56-31-15-7-16-32-56/h7-46,55,64-77,79-81H,47-54H2,1-6H3/t55-,64?,65?,66?,67?,68-,69+,70-,71+,72-,73?,74?,75-,76-,77-/m0/s1. The number of aliphatic hydroxyl groups excluding tert-OH is 1. The van der Waals surface area contributed by atoms with E-state index < -0.39 is 132 Å². The van der Waals surface area contributed by atoms with Crippen LogP contribution in [0.4, 0.5) is 0 Å². The second kappa shape index (κ2) is 35.0. The number of benzene rings is 8. The second-order valence-corrected chi connectivity index (χ2v) is 35.0. The monoisotopic (exact) mass is 1420 g/mol. The van der Waals surface area contributed by atoms with E-state index >= 15 is 16.8 Å². The molecular formula is C78H92N2O17S2Si. The number of rotatable bonds is 32. The predicted molar refractivity (Wildman–Crippen MR) is 379 cm³/mol. The van der Waals surface area contributed by atoms with Crippen molar-refractivity contribution in [2.45, 2.75) is 187 Å². The van der Waals surface area contributed by atoms with E-state index in [1.807, 2.05) is 202 Å². The van der Waals surface area contributed by atoms with Gasteiger partial charge in [0.15, 0.2) is 27.2 Å². The zero-order valence-corrected chi connectivity index (χ0v) is 59.8. The Labute approximate surface area is 589 Å². The third-order valence-corrected chi connectivity index (χ3v) is 25.9. The van der Waals surface area contributed by atoms with Crippen molar-refractivity contribution in [2.24, 2.45) is 0 Å². The highest BCUT2D eigenvalue weighted by molar-refractivity contribution is 7.89. The normalized spacial score (nSPS) is 26.1. The van der Waals surface area contributed by atoms with Crippen LogP contribution in [0, 0.1) is 0 Å². The van der Waals surface area contributed by atoms with E-state index in [1.54, 1.807) is 36.4 Å². The largest absolute Gasteiger partial charge is 0.391 e. The highest BCUT2D eigenvalue weighted by Gasteiger charge is 2.57. The zero-order valence-electron chi connectivity index (χ0n) is 57.2. The smallest absolute Gasteiger partial charge is 0.241 e. The fourth-order valence-electron chi connectivity index (χ4n) is 12.0. The van der Waals surface area contributed by atoms with E-state index in [9.17, 15) is 5.11 Å². The Kier molecular flexibility index (Phi) is 26.0. The summed E-state index contributed by atoms with van der Waals surface area (Å²) in [4.78, 5) is -0.150. The maximum atomic E-state index is 15.2. The van der Waals surface area contributed by atoms with Crippen LogP contribution in [-0.2, 0) is 116 Å². The molecule has 8 aromatic carbocycles. The SMILES string of the molecule is C[C@@H]1O[C@H](OCC2O[C@@H](O[Si](C)(C)C(C)(C)C)C(NS(=O)(=O)c3ccccc3)[C@H](OCc3ccccc3)[C@H]2O[C@@H]2OC(COCc3ccccc3)[C@H](O)[C@H](OCc3ccccc3)C2NS(=O)(=O)c2ccccc2)C(OCc2ccccc2)C(OCc2ccccc2)[C@@H]1OCc1ccccc1. The summed E-state index contributed by atoms with van der Waals surface area (Å²) in [5.41, 5.74) is 5.00. The zero-order chi connectivity index (χ0) is 70.1. The lowest BCUT2D eigenvalue weighted by Crippen LogP contribution is -2.71. The van der Waals surface area contributed by atoms with Crippen molar-refractivity contribution in [3.8, 4) is 0 Å². The van der Waals surface area contributed by atoms with Gasteiger partial charge in [-0.25, -0.2) is 26.3 Å². The minimum absolute atomic E-state index is 0.0530. The van der Waals surface area contributed by atoms with Crippen LogP contribution in [0.5, 0.6) is 0 Å². The van der Waals surface area contributed by atoms with Crippen molar-refractivity contribution in [1.29, 1.82) is 0 Å². The first kappa shape index (κ1) is 74.5. The Hall–Kier alpha value is -6.72. The first-order valence-corrected chi connectivity index (χ1v) is 39.8. The lowest BCUT2D eigenvalue weighted by molar-refractivity contribution is -0.349. The summed E-state index contributed by atoms with van der Waals surface area (Å²) in [6, 6.07) is 70.1. The quantitative estimate of drug-likeness (QED) is 0.0333. The van der Waals surface area contributed by atoms with Crippen molar-refractivity contribution in [1.82, 2.24) is 9.44 Å². The molecule has 15 atom stereocenters. The number of hydrogen-bond acceptors (Lipinski definition) is 17. The van der Waals surface area contributed by atoms with Gasteiger partial charge in [-0.2, -0.15) is 0 Å². The minimum Gasteiger partial charge on any atom is -0.391 e. The van der Waals surface area contributed by atoms with Crippen LogP contribution < -0.4 is 9.44 Å². The van der Waals surface area contributed by atoms with Crippen LogP contribution >= 0.6 is 0 Å². The molecule has 19 nitrogen and oxygen atoms in total. The fourth-order valence-corrected chi connectivity index (χ4v) is 15.7. The molecule has 11 rings (SSSR count). The van der Waals surface area contributed by atoms with Gasteiger partial charge in [-0.15, -0.1) is 0 Å². The molecular weight excluding hydrogens is 1330 g/mol. The molecule has 3 N–H and O–H groups in total. The molecule has 100 heavy (non-hydrogen) atoms. The lowest BCUT2D eigenvalue weighted by atomic mass is 9.94. The number of aliphatic hydroxyl groups is 1. The van der Waals surface area contributed by atoms with Crippen LogP contribution in [0.25, 0.3) is 0 Å². The van der Waals surface area contributed by atoms with Crippen molar-refractivity contribution in [3.05, 3.63) is 276 Å². The topological polar surface area (TPSA) is 223 Å². The van der Waals surface area contributed by atoms with Gasteiger partial charge in [0.05, 0.1) is 68.7 Å². The van der Waals surface area contributed by atoms with Crippen molar-refractivity contribution in [3.63, 3.8) is 0 Å². The molecule has 0 saturated carbocycles. The molecule has 6 unspecified atom stereocenters. The average Bonchev–Trinajstić information content (AvgIpc) is 0.756. The molecule has 0 aromatic heterocycles. The Bertz CT molecular complexity index is 3960. The van der Waals surface area contributed by atoms with Crippen LogP contribution in [0.15, 0.2) is 252 Å². The van der Waals surface area contributed by atoms with Gasteiger partial charge in [-0.1, -0.05) is 239 Å². The molecule has 3 aliphatic rings. The molecule has 3 fully saturated rings. The summed E-state index contributed by atoms with van der Waals surface area (Å²) in [6.07, 6.45) is -16.1. The van der Waals surface area contributed by atoms with Gasteiger partial charge in [0.2, 0.25) is 20.0 Å². The fraction of sp³-hybridized carbons (Fsp3) is 0.385. The van der Waals surface area contributed by atoms with Crippen LogP contribution in [0.2, 0.25) is 18.1 Å². The molecule has 0 aliphatic carbocycles. The number of nitrogens with one attached hydrogen (secondary N) is 2. The van der Waals surface area contributed by atoms with Gasteiger partial charge >= 0.3 is 0 Å². The van der Waals surface area contributed by atoms with E-state index in [0.717, 1.165) is 33.4 Å². The van der Waals surface area contributed by atoms with Crippen molar-refractivity contribution in [2.75, 3.05) is 13.2 Å². The van der Waals surface area contributed by atoms with Gasteiger partial charge in [-0.3, -0.25) is 0 Å². The highest BCUT2D eigenvalue weighted by Crippen LogP contribution is 2.42. The predicted octanol–water partition coefficient (Wildman–Crippen LogP) is 11.8. The molecule has 532 valence electrons. The second-order valence-electron chi connectivity index (χ2n) is 26.8. The summed E-state index contributed by atoms with van der Waals surface area (Å²) in [5.74, 6) is 0. The van der Waals surface area contributed by atoms with Gasteiger partial charge < -0.3 is 61.6 Å². The molecule has 3 heterocycles. The maximum absolute atomic E-state index is 15.2. The van der Waals surface area contributed by atoms with E-state index in [2.05, 4.69) is 30.2 Å². The van der Waals surface area contributed by atoms with E-state index in [0.29, 0.717) is 0 Å². The summed E-state index contributed by atoms with van der Waals surface area (Å²) in [6.45, 7) is 12.0. The third kappa shape index (κ3) is 19.9. The molecule has 3 aliphatic heterocycles. The Morgan fingerprint density at radius 2 is 0.740 bits per heavy atom. The molecule has 22 heteroatoms. The highest BCUT2D eigenvalue weighted by atomic mass is 32.2. The van der Waals surface area contributed by atoms with Gasteiger partial charge in [0, 0.05) is 0 Å². The van der Waals surface area contributed by atoms with E-state index in [4.69, 9.17) is 56.5 Å². The number of sulfonamides is 2. The van der Waals surface area contributed by atoms with Gasteiger partial charge in [-0.05, 0) is 82.7 Å². The lowest BCUT2D eigenvalue weighted by Gasteiger charge is -2.52. The summed E-state index contributed by atoms with van der Waals surface area (Å²) in [5, 5.41) is 12.3. The van der Waals surface area contributed by atoms with E-state index in [1.165, 1.54) is 24.3 Å². The summed E-state index contributed by atoms with van der Waals surface area (Å²) >= 11 is 0. The average molecular weight is 1420 g/mol. The first-order valence-electron chi connectivity index (χ1n) is 33.9. The van der Waals surface area contributed by atoms with Crippen molar-refractivity contribution < 1.29 is 78.5 Å². The van der Waals surface area contributed by atoms with E-state index in [-0.39, 0.29) is 56.0 Å². The molecule has 0 amide bonds. The Balaban J connectivity index is 1.05. The summed E-state index contributed by atoms with van der Waals surface area (Å²) in [7, 11) is -12.0. The molecule has 0 radical (unpaired) electrons. The number of ether oxygens (including phenoxy) is 11. The Morgan fingerprint density at radius 1 is 0.390 bits per heavy atom. The van der Waals surface area contributed by atoms with Crippen molar-refractivity contribution >= 4 is 28.4 Å². The summed E-state index contributed by atoms with van der Waals surface area (Å²) < 4.78 is 151. The first-order chi connectivity index (χ1) is 48.3. The molecule has 0 bridgehead atoms. The van der Waals surface area contributed by atoms with Crippen LogP contribution in [0.3, 0.4) is 0 Å². The molecule has 3 saturated heterocycles.